The number of rotatable bonds is 4. The lowest BCUT2D eigenvalue weighted by atomic mass is 10.2. The van der Waals surface area contributed by atoms with E-state index in [0.29, 0.717) is 11.3 Å². The number of hydrogen-bond acceptors (Lipinski definition) is 3. The van der Waals surface area contributed by atoms with E-state index in [1.54, 1.807) is 36.5 Å². The van der Waals surface area contributed by atoms with Gasteiger partial charge < -0.3 is 0 Å². The first kappa shape index (κ1) is 13.8. The third-order valence-corrected chi connectivity index (χ3v) is 3.99. The molecule has 1 heterocycles. The van der Waals surface area contributed by atoms with Gasteiger partial charge in [-0.3, -0.25) is 4.72 Å². The molecule has 0 saturated heterocycles. The lowest BCUT2D eigenvalue weighted by Gasteiger charge is -2.09. The molecule has 0 amide bonds. The molecule has 4 nitrogen and oxygen atoms in total. The van der Waals surface area contributed by atoms with Gasteiger partial charge in [0, 0.05) is 6.20 Å². The zero-order valence-electron chi connectivity index (χ0n) is 10.3. The lowest BCUT2D eigenvalue weighted by Crippen LogP contribution is -2.15. The van der Waals surface area contributed by atoms with Gasteiger partial charge in [-0.05, 0) is 24.1 Å². The summed E-state index contributed by atoms with van der Waals surface area (Å²) in [5.74, 6) is -0.0991. The number of aryl methyl sites for hydroxylation is 1. The van der Waals surface area contributed by atoms with Crippen molar-refractivity contribution in [3.8, 4) is 0 Å². The minimum atomic E-state index is -3.50. The van der Waals surface area contributed by atoms with Crippen LogP contribution in [0.25, 0.3) is 0 Å². The van der Waals surface area contributed by atoms with Gasteiger partial charge in [0.2, 0.25) is 10.0 Å². The molecule has 0 radical (unpaired) electrons. The van der Waals surface area contributed by atoms with Gasteiger partial charge >= 0.3 is 0 Å². The summed E-state index contributed by atoms with van der Waals surface area (Å²) in [6.45, 7) is 1.82. The maximum absolute atomic E-state index is 12.0. The van der Waals surface area contributed by atoms with Crippen LogP contribution in [0.4, 0.5) is 5.69 Å². The van der Waals surface area contributed by atoms with Crippen LogP contribution in [-0.4, -0.2) is 13.4 Å². The van der Waals surface area contributed by atoms with Gasteiger partial charge in [-0.15, -0.1) is 0 Å². The van der Waals surface area contributed by atoms with Crippen LogP contribution in [0.15, 0.2) is 42.6 Å². The fraction of sp³-hybridized carbons (Fsp3) is 0.154. The molecule has 0 unspecified atom stereocenters. The van der Waals surface area contributed by atoms with E-state index >= 15 is 0 Å². The molecule has 2 rings (SSSR count). The summed E-state index contributed by atoms with van der Waals surface area (Å²) in [4.78, 5) is 3.91. The predicted molar refractivity (Wildman–Crippen MR) is 76.7 cm³/mol. The molecule has 0 spiro atoms. The van der Waals surface area contributed by atoms with Gasteiger partial charge in [0.15, 0.2) is 5.15 Å². The van der Waals surface area contributed by atoms with Gasteiger partial charge in [-0.25, -0.2) is 13.4 Å². The monoisotopic (exact) mass is 296 g/mol. The Morgan fingerprint density at radius 1 is 1.26 bits per heavy atom. The van der Waals surface area contributed by atoms with Crippen LogP contribution in [0, 0.1) is 6.92 Å². The molecule has 1 aromatic heterocycles. The van der Waals surface area contributed by atoms with Crippen LogP contribution in [0.5, 0.6) is 0 Å². The van der Waals surface area contributed by atoms with Crippen molar-refractivity contribution in [1.82, 2.24) is 4.98 Å². The topological polar surface area (TPSA) is 59.1 Å². The second-order valence-electron chi connectivity index (χ2n) is 4.20. The summed E-state index contributed by atoms with van der Waals surface area (Å²) in [7, 11) is -3.50. The van der Waals surface area contributed by atoms with E-state index in [0.717, 1.165) is 5.56 Å². The van der Waals surface area contributed by atoms with E-state index in [2.05, 4.69) is 9.71 Å². The molecule has 0 saturated carbocycles. The van der Waals surface area contributed by atoms with Crippen molar-refractivity contribution in [2.45, 2.75) is 12.7 Å². The number of sulfonamides is 1. The first-order valence-corrected chi connectivity index (χ1v) is 7.66. The molecular formula is C13H13ClN2O2S. The molecule has 0 aliphatic rings. The first-order valence-electron chi connectivity index (χ1n) is 5.63. The molecule has 0 fully saturated rings. The van der Waals surface area contributed by atoms with E-state index in [1.807, 2.05) is 13.0 Å². The maximum Gasteiger partial charge on any atom is 0.237 e. The Hall–Kier alpha value is -1.59. The summed E-state index contributed by atoms with van der Waals surface area (Å²) >= 11 is 5.87. The van der Waals surface area contributed by atoms with Gasteiger partial charge in [-0.2, -0.15) is 0 Å². The van der Waals surface area contributed by atoms with Crippen molar-refractivity contribution in [2.24, 2.45) is 0 Å². The minimum Gasteiger partial charge on any atom is -0.280 e. The number of nitrogens with one attached hydrogen (secondary N) is 1. The van der Waals surface area contributed by atoms with Gasteiger partial charge in [0.25, 0.3) is 0 Å². The van der Waals surface area contributed by atoms with Crippen molar-refractivity contribution in [3.05, 3.63) is 58.9 Å². The molecule has 1 aromatic carbocycles. The summed E-state index contributed by atoms with van der Waals surface area (Å²) in [6.07, 6.45) is 1.58. The average Bonchev–Trinajstić information content (AvgIpc) is 2.34. The van der Waals surface area contributed by atoms with Gasteiger partial charge in [0.05, 0.1) is 11.4 Å². The summed E-state index contributed by atoms with van der Waals surface area (Å²) in [6, 6.07) is 10.6. The normalized spacial score (nSPS) is 11.3. The zero-order chi connectivity index (χ0) is 13.9. The number of hydrogen-bond donors (Lipinski definition) is 1. The van der Waals surface area contributed by atoms with Gasteiger partial charge in [0.1, 0.15) is 0 Å². The Bertz CT molecular complexity index is 672. The number of halogens is 1. The fourth-order valence-corrected chi connectivity index (χ4v) is 3.02. The highest BCUT2D eigenvalue weighted by Gasteiger charge is 2.14. The van der Waals surface area contributed by atoms with E-state index in [4.69, 9.17) is 11.6 Å². The number of aromatic nitrogens is 1. The standard InChI is InChI=1S/C13H13ClN2O2S/c1-10-7-12(13(14)15-8-10)16-19(17,18)9-11-5-3-2-4-6-11/h2-8,16H,9H2,1H3. The summed E-state index contributed by atoms with van der Waals surface area (Å²) in [5.41, 5.74) is 1.85. The molecule has 0 atom stereocenters. The second-order valence-corrected chi connectivity index (χ2v) is 6.28. The Morgan fingerprint density at radius 2 is 1.95 bits per heavy atom. The van der Waals surface area contributed by atoms with E-state index in [9.17, 15) is 8.42 Å². The minimum absolute atomic E-state index is 0.0991. The predicted octanol–water partition coefficient (Wildman–Crippen LogP) is 2.99. The van der Waals surface area contributed by atoms with Crippen molar-refractivity contribution in [2.75, 3.05) is 4.72 Å². The molecule has 100 valence electrons. The highest BCUT2D eigenvalue weighted by atomic mass is 35.5. The van der Waals surface area contributed by atoms with Gasteiger partial charge in [-0.1, -0.05) is 41.9 Å². The number of pyridine rings is 1. The van der Waals surface area contributed by atoms with Crippen LogP contribution in [0.1, 0.15) is 11.1 Å². The fourth-order valence-electron chi connectivity index (χ4n) is 1.62. The van der Waals surface area contributed by atoms with Crippen LogP contribution in [0.3, 0.4) is 0 Å². The Morgan fingerprint density at radius 3 is 2.63 bits per heavy atom. The van der Waals surface area contributed by atoms with E-state index in [1.165, 1.54) is 0 Å². The first-order chi connectivity index (χ1) is 8.96. The molecular weight excluding hydrogens is 284 g/mol. The molecule has 0 bridgehead atoms. The van der Waals surface area contributed by atoms with Crippen molar-refractivity contribution in [3.63, 3.8) is 0 Å². The number of benzene rings is 1. The molecule has 0 aliphatic heterocycles. The van der Waals surface area contributed by atoms with E-state index < -0.39 is 10.0 Å². The van der Waals surface area contributed by atoms with Crippen molar-refractivity contribution >= 4 is 27.3 Å². The van der Waals surface area contributed by atoms with E-state index in [-0.39, 0.29) is 10.9 Å². The second kappa shape index (κ2) is 5.59. The van der Waals surface area contributed by atoms with Crippen molar-refractivity contribution < 1.29 is 8.42 Å². The Kier molecular flexibility index (Phi) is 4.07. The van der Waals surface area contributed by atoms with Crippen LogP contribution in [0.2, 0.25) is 5.15 Å². The maximum atomic E-state index is 12.0. The molecule has 1 N–H and O–H groups in total. The summed E-state index contributed by atoms with van der Waals surface area (Å²) in [5, 5.41) is 0.141. The lowest BCUT2D eigenvalue weighted by molar-refractivity contribution is 0.600. The smallest absolute Gasteiger partial charge is 0.237 e. The van der Waals surface area contributed by atoms with Crippen LogP contribution < -0.4 is 4.72 Å². The number of anilines is 1. The van der Waals surface area contributed by atoms with Crippen molar-refractivity contribution in [1.29, 1.82) is 0 Å². The number of nitrogens with zero attached hydrogens (tertiary/aromatic N) is 1. The third-order valence-electron chi connectivity index (χ3n) is 2.44. The van der Waals surface area contributed by atoms with Crippen LogP contribution >= 0.6 is 11.6 Å². The molecule has 19 heavy (non-hydrogen) atoms. The SMILES string of the molecule is Cc1cnc(Cl)c(NS(=O)(=O)Cc2ccccc2)c1. The molecule has 2 aromatic rings. The highest BCUT2D eigenvalue weighted by molar-refractivity contribution is 7.91. The highest BCUT2D eigenvalue weighted by Crippen LogP contribution is 2.21. The Balaban J connectivity index is 2.20. The molecule has 6 heteroatoms. The average molecular weight is 297 g/mol. The van der Waals surface area contributed by atoms with Crippen LogP contribution in [-0.2, 0) is 15.8 Å². The summed E-state index contributed by atoms with van der Waals surface area (Å²) < 4.78 is 26.5. The zero-order valence-corrected chi connectivity index (χ0v) is 11.9. The third kappa shape index (κ3) is 3.94. The quantitative estimate of drug-likeness (QED) is 0.882. The largest absolute Gasteiger partial charge is 0.280 e. The Labute approximate surface area is 117 Å². The molecule has 0 aliphatic carbocycles.